The molecule has 2 aromatic carbocycles. The lowest BCUT2D eigenvalue weighted by Gasteiger charge is -2.25. The minimum atomic E-state index is -0.414. The largest absolute Gasteiger partial charge is 0.497 e. The highest BCUT2D eigenvalue weighted by atomic mass is 16.5. The molecule has 6 heteroatoms. The summed E-state index contributed by atoms with van der Waals surface area (Å²) >= 11 is 0. The molecule has 2 rings (SSSR count). The second-order valence-corrected chi connectivity index (χ2v) is 6.57. The summed E-state index contributed by atoms with van der Waals surface area (Å²) in [6, 6.07) is 14.9. The Bertz CT molecular complexity index is 771. The summed E-state index contributed by atoms with van der Waals surface area (Å²) in [5.74, 6) is 0.685. The Kier molecular flexibility index (Phi) is 7.87. The molecule has 0 aliphatic rings. The minimum absolute atomic E-state index is 0.0586. The normalized spacial score (nSPS) is 11.4. The Morgan fingerprint density at radius 2 is 1.36 bits per heavy atom. The zero-order valence-corrected chi connectivity index (χ0v) is 16.8. The van der Waals surface area contributed by atoms with Crippen LogP contribution in [0.1, 0.15) is 18.1 Å². The molecule has 6 nitrogen and oxygen atoms in total. The Morgan fingerprint density at radius 1 is 0.857 bits per heavy atom. The molecule has 0 N–H and O–H groups in total. The number of esters is 1. The zero-order valence-electron chi connectivity index (χ0n) is 16.8. The SMILES string of the molecule is COC(=O)C(C)CN(Cc1ccc(OC)cc1)C(=O)Cc1ccc(OC)cc1. The van der Waals surface area contributed by atoms with Gasteiger partial charge in [0, 0.05) is 13.1 Å². The van der Waals surface area contributed by atoms with E-state index in [1.54, 1.807) is 26.0 Å². The van der Waals surface area contributed by atoms with Gasteiger partial charge in [-0.3, -0.25) is 9.59 Å². The van der Waals surface area contributed by atoms with Gasteiger partial charge in [0.25, 0.3) is 0 Å². The van der Waals surface area contributed by atoms with Gasteiger partial charge in [-0.2, -0.15) is 0 Å². The van der Waals surface area contributed by atoms with Crippen molar-refractivity contribution in [1.29, 1.82) is 0 Å². The van der Waals surface area contributed by atoms with Gasteiger partial charge in [0.1, 0.15) is 11.5 Å². The van der Waals surface area contributed by atoms with Gasteiger partial charge in [0.2, 0.25) is 5.91 Å². The molecule has 28 heavy (non-hydrogen) atoms. The fourth-order valence-corrected chi connectivity index (χ4v) is 2.84. The topological polar surface area (TPSA) is 65.1 Å². The number of hydrogen-bond acceptors (Lipinski definition) is 5. The maximum Gasteiger partial charge on any atom is 0.310 e. The van der Waals surface area contributed by atoms with E-state index in [4.69, 9.17) is 14.2 Å². The van der Waals surface area contributed by atoms with E-state index < -0.39 is 5.92 Å². The van der Waals surface area contributed by atoms with Gasteiger partial charge in [0.05, 0.1) is 33.7 Å². The molecule has 1 atom stereocenters. The van der Waals surface area contributed by atoms with Crippen molar-refractivity contribution in [3.05, 3.63) is 59.7 Å². The Balaban J connectivity index is 2.14. The zero-order chi connectivity index (χ0) is 20.5. The van der Waals surface area contributed by atoms with Crippen molar-refractivity contribution in [3.63, 3.8) is 0 Å². The molecule has 0 bridgehead atoms. The number of carbonyl (C=O) groups excluding carboxylic acids is 2. The van der Waals surface area contributed by atoms with Crippen molar-refractivity contribution in [3.8, 4) is 11.5 Å². The van der Waals surface area contributed by atoms with Gasteiger partial charge < -0.3 is 19.1 Å². The lowest BCUT2D eigenvalue weighted by Crippen LogP contribution is -2.37. The highest BCUT2D eigenvalue weighted by Crippen LogP contribution is 2.17. The van der Waals surface area contributed by atoms with Gasteiger partial charge >= 0.3 is 5.97 Å². The lowest BCUT2D eigenvalue weighted by molar-refractivity contribution is -0.146. The number of benzene rings is 2. The van der Waals surface area contributed by atoms with Crippen molar-refractivity contribution in [2.24, 2.45) is 5.92 Å². The van der Waals surface area contributed by atoms with Gasteiger partial charge in [0.15, 0.2) is 0 Å². The molecule has 0 aliphatic heterocycles. The molecule has 1 unspecified atom stereocenters. The van der Waals surface area contributed by atoms with Crippen LogP contribution in [0.4, 0.5) is 0 Å². The van der Waals surface area contributed by atoms with Gasteiger partial charge in [-0.25, -0.2) is 0 Å². The summed E-state index contributed by atoms with van der Waals surface area (Å²) in [5, 5.41) is 0. The molecule has 0 fully saturated rings. The Morgan fingerprint density at radius 3 is 1.82 bits per heavy atom. The Hall–Kier alpha value is -3.02. The summed E-state index contributed by atoms with van der Waals surface area (Å²) in [6.07, 6.45) is 0.244. The van der Waals surface area contributed by atoms with Crippen LogP contribution in [0.15, 0.2) is 48.5 Å². The molecule has 0 aromatic heterocycles. The molecule has 0 spiro atoms. The number of nitrogens with zero attached hydrogens (tertiary/aromatic N) is 1. The number of rotatable bonds is 9. The quantitative estimate of drug-likeness (QED) is 0.621. The molecule has 0 heterocycles. The average molecular weight is 385 g/mol. The van der Waals surface area contributed by atoms with Crippen LogP contribution in [0.5, 0.6) is 11.5 Å². The molecule has 0 aliphatic carbocycles. The highest BCUT2D eigenvalue weighted by Gasteiger charge is 2.22. The van der Waals surface area contributed by atoms with E-state index in [-0.39, 0.29) is 24.8 Å². The first-order valence-electron chi connectivity index (χ1n) is 9.08. The van der Waals surface area contributed by atoms with E-state index in [0.717, 1.165) is 22.6 Å². The molecule has 1 amide bonds. The van der Waals surface area contributed by atoms with Crippen LogP contribution in [0.2, 0.25) is 0 Å². The van der Waals surface area contributed by atoms with E-state index in [1.165, 1.54) is 7.11 Å². The van der Waals surface area contributed by atoms with Crippen LogP contribution in [0.25, 0.3) is 0 Å². The van der Waals surface area contributed by atoms with Gasteiger partial charge in [-0.05, 0) is 35.4 Å². The number of hydrogen-bond donors (Lipinski definition) is 0. The summed E-state index contributed by atoms with van der Waals surface area (Å²) in [7, 11) is 4.56. The third-order valence-corrected chi connectivity index (χ3v) is 4.50. The van der Waals surface area contributed by atoms with Crippen molar-refractivity contribution in [1.82, 2.24) is 4.90 Å². The van der Waals surface area contributed by atoms with E-state index >= 15 is 0 Å². The van der Waals surface area contributed by atoms with Crippen LogP contribution in [-0.2, 0) is 27.3 Å². The van der Waals surface area contributed by atoms with Crippen molar-refractivity contribution >= 4 is 11.9 Å². The van der Waals surface area contributed by atoms with Crippen LogP contribution >= 0.6 is 0 Å². The maximum atomic E-state index is 13.0. The second-order valence-electron chi connectivity index (χ2n) is 6.57. The summed E-state index contributed by atoms with van der Waals surface area (Å²) in [6.45, 7) is 2.45. The average Bonchev–Trinajstić information content (AvgIpc) is 2.73. The van der Waals surface area contributed by atoms with E-state index in [0.29, 0.717) is 6.54 Å². The third kappa shape index (κ3) is 6.01. The van der Waals surface area contributed by atoms with E-state index in [2.05, 4.69) is 0 Å². The fraction of sp³-hybridized carbons (Fsp3) is 0.364. The van der Waals surface area contributed by atoms with E-state index in [9.17, 15) is 9.59 Å². The molecule has 2 aromatic rings. The summed E-state index contributed by atoms with van der Waals surface area (Å²) < 4.78 is 15.1. The van der Waals surface area contributed by atoms with Crippen molar-refractivity contribution < 1.29 is 23.8 Å². The van der Waals surface area contributed by atoms with E-state index in [1.807, 2.05) is 48.5 Å². The number of ether oxygens (including phenoxy) is 3. The molecular weight excluding hydrogens is 358 g/mol. The van der Waals surface area contributed by atoms with Crippen LogP contribution < -0.4 is 9.47 Å². The number of amides is 1. The van der Waals surface area contributed by atoms with Gasteiger partial charge in [-0.15, -0.1) is 0 Å². The third-order valence-electron chi connectivity index (χ3n) is 4.50. The molecule has 0 saturated carbocycles. The number of carbonyl (C=O) groups is 2. The first kappa shape index (κ1) is 21.3. The molecule has 150 valence electrons. The van der Waals surface area contributed by atoms with Gasteiger partial charge in [-0.1, -0.05) is 31.2 Å². The first-order chi connectivity index (χ1) is 13.5. The minimum Gasteiger partial charge on any atom is -0.497 e. The predicted molar refractivity (Wildman–Crippen MR) is 106 cm³/mol. The molecule has 0 saturated heterocycles. The summed E-state index contributed by atoms with van der Waals surface area (Å²) in [4.78, 5) is 26.5. The summed E-state index contributed by atoms with van der Waals surface area (Å²) in [5.41, 5.74) is 1.84. The highest BCUT2D eigenvalue weighted by molar-refractivity contribution is 5.80. The van der Waals surface area contributed by atoms with Crippen molar-refractivity contribution in [2.75, 3.05) is 27.9 Å². The van der Waals surface area contributed by atoms with Crippen LogP contribution in [0.3, 0.4) is 0 Å². The number of methoxy groups -OCH3 is 3. The lowest BCUT2D eigenvalue weighted by atomic mass is 10.1. The maximum absolute atomic E-state index is 13.0. The predicted octanol–water partition coefficient (Wildman–Crippen LogP) is 3.08. The monoisotopic (exact) mass is 385 g/mol. The Labute approximate surface area is 166 Å². The van der Waals surface area contributed by atoms with Crippen LogP contribution in [-0.4, -0.2) is 44.7 Å². The molecular formula is C22H27NO5. The standard InChI is InChI=1S/C22H27NO5/c1-16(22(25)28-4)14-23(15-18-7-11-20(27-3)12-8-18)21(24)13-17-5-9-19(26-2)10-6-17/h5-12,16H,13-15H2,1-4H3. The molecule has 0 radical (unpaired) electrons. The first-order valence-corrected chi connectivity index (χ1v) is 9.08. The fourth-order valence-electron chi connectivity index (χ4n) is 2.84. The second kappa shape index (κ2) is 10.3. The van der Waals surface area contributed by atoms with Crippen molar-refractivity contribution in [2.45, 2.75) is 19.9 Å². The van der Waals surface area contributed by atoms with Crippen LogP contribution in [0, 0.1) is 5.92 Å². The smallest absolute Gasteiger partial charge is 0.310 e.